The van der Waals surface area contributed by atoms with Crippen LogP contribution in [0, 0.1) is 0 Å². The predicted octanol–water partition coefficient (Wildman–Crippen LogP) is 4.56. The molecule has 0 unspecified atom stereocenters. The van der Waals surface area contributed by atoms with Gasteiger partial charge >= 0.3 is 0 Å². The van der Waals surface area contributed by atoms with E-state index in [1.165, 1.54) is 18.4 Å². The molecule has 0 atom stereocenters. The van der Waals surface area contributed by atoms with E-state index in [0.717, 1.165) is 41.5 Å². The van der Waals surface area contributed by atoms with Crippen molar-refractivity contribution < 1.29 is 4.79 Å². The highest BCUT2D eigenvalue weighted by atomic mass is 79.9. The molecule has 0 saturated heterocycles. The first-order valence-electron chi connectivity index (χ1n) is 7.61. The summed E-state index contributed by atoms with van der Waals surface area (Å²) in [7, 11) is 0. The van der Waals surface area contributed by atoms with Crippen molar-refractivity contribution in [1.82, 2.24) is 4.98 Å². The average molecular weight is 347 g/mol. The second-order valence-electron chi connectivity index (χ2n) is 5.53. The number of aromatic nitrogens is 1. The van der Waals surface area contributed by atoms with Gasteiger partial charge in [-0.05, 0) is 43.7 Å². The van der Waals surface area contributed by atoms with E-state index < -0.39 is 0 Å². The highest BCUT2D eigenvalue weighted by Gasteiger charge is 2.23. The van der Waals surface area contributed by atoms with Crippen LogP contribution in [-0.4, -0.2) is 10.9 Å². The number of fused-ring (bicyclic) bond motifs is 2. The molecule has 0 fully saturated rings. The SMILES string of the molecule is CCCC(=O)N(Br)c1c2c(nc3ccccc13)CCCC2. The van der Waals surface area contributed by atoms with Gasteiger partial charge in [0.05, 0.1) is 27.4 Å². The van der Waals surface area contributed by atoms with Gasteiger partial charge in [0.2, 0.25) is 5.91 Å². The Balaban J connectivity index is 2.20. The zero-order valence-electron chi connectivity index (χ0n) is 12.2. The van der Waals surface area contributed by atoms with E-state index in [-0.39, 0.29) is 5.91 Å². The summed E-state index contributed by atoms with van der Waals surface area (Å²) in [6, 6.07) is 8.09. The molecule has 1 aliphatic rings. The highest BCUT2D eigenvalue weighted by molar-refractivity contribution is 9.10. The maximum atomic E-state index is 12.3. The summed E-state index contributed by atoms with van der Waals surface area (Å²) >= 11 is 3.51. The van der Waals surface area contributed by atoms with E-state index in [9.17, 15) is 4.79 Å². The number of hydrogen-bond acceptors (Lipinski definition) is 2. The molecule has 2 aromatic rings. The smallest absolute Gasteiger partial charge is 0.237 e. The second-order valence-corrected chi connectivity index (χ2v) is 6.24. The molecule has 4 heteroatoms. The van der Waals surface area contributed by atoms with Crippen LogP contribution in [0.5, 0.6) is 0 Å². The van der Waals surface area contributed by atoms with Crippen LogP contribution >= 0.6 is 16.1 Å². The molecule has 0 saturated carbocycles. The molecule has 1 aromatic heterocycles. The van der Waals surface area contributed by atoms with Crippen LogP contribution in [0.1, 0.15) is 43.9 Å². The number of carbonyl (C=O) groups excluding carboxylic acids is 1. The van der Waals surface area contributed by atoms with Gasteiger partial charge in [-0.2, -0.15) is 0 Å². The Morgan fingerprint density at radius 2 is 2.05 bits per heavy atom. The van der Waals surface area contributed by atoms with E-state index in [1.807, 2.05) is 25.1 Å². The lowest BCUT2D eigenvalue weighted by Gasteiger charge is -2.25. The molecule has 3 rings (SSSR count). The van der Waals surface area contributed by atoms with Crippen LogP contribution in [-0.2, 0) is 17.6 Å². The Morgan fingerprint density at radius 3 is 2.86 bits per heavy atom. The van der Waals surface area contributed by atoms with Crippen LogP contribution in [0.2, 0.25) is 0 Å². The monoisotopic (exact) mass is 346 g/mol. The fraction of sp³-hybridized carbons (Fsp3) is 0.412. The van der Waals surface area contributed by atoms with E-state index in [0.29, 0.717) is 6.42 Å². The lowest BCUT2D eigenvalue weighted by atomic mass is 9.92. The van der Waals surface area contributed by atoms with Gasteiger partial charge in [0.1, 0.15) is 0 Å². The van der Waals surface area contributed by atoms with E-state index in [1.54, 1.807) is 3.93 Å². The quantitative estimate of drug-likeness (QED) is 0.763. The number of hydrogen-bond donors (Lipinski definition) is 0. The highest BCUT2D eigenvalue weighted by Crippen LogP contribution is 2.37. The van der Waals surface area contributed by atoms with Gasteiger partial charge in [-0.3, -0.25) is 9.78 Å². The molecular formula is C17H19BrN2O. The fourth-order valence-electron chi connectivity index (χ4n) is 3.01. The molecule has 1 aromatic carbocycles. The zero-order valence-corrected chi connectivity index (χ0v) is 13.8. The van der Waals surface area contributed by atoms with Crippen molar-refractivity contribution in [2.24, 2.45) is 0 Å². The molecule has 110 valence electrons. The van der Waals surface area contributed by atoms with Crippen LogP contribution in [0.25, 0.3) is 10.9 Å². The summed E-state index contributed by atoms with van der Waals surface area (Å²) in [5.74, 6) is 0.113. The Morgan fingerprint density at radius 1 is 1.29 bits per heavy atom. The number of benzene rings is 1. The van der Waals surface area contributed by atoms with Crippen molar-refractivity contribution in [3.8, 4) is 0 Å². The maximum absolute atomic E-state index is 12.3. The predicted molar refractivity (Wildman–Crippen MR) is 89.7 cm³/mol. The van der Waals surface area contributed by atoms with E-state index in [4.69, 9.17) is 4.98 Å². The summed E-state index contributed by atoms with van der Waals surface area (Å²) in [6.07, 6.45) is 5.77. The van der Waals surface area contributed by atoms with Gasteiger partial charge in [-0.15, -0.1) is 0 Å². The third kappa shape index (κ3) is 2.69. The van der Waals surface area contributed by atoms with Crippen molar-refractivity contribution in [2.75, 3.05) is 3.93 Å². The molecule has 0 N–H and O–H groups in total. The number of aryl methyl sites for hydroxylation is 1. The first-order valence-corrected chi connectivity index (χ1v) is 8.32. The van der Waals surface area contributed by atoms with Gasteiger partial charge in [0, 0.05) is 17.5 Å². The number of carbonyl (C=O) groups is 1. The summed E-state index contributed by atoms with van der Waals surface area (Å²) in [6.45, 7) is 2.03. The molecule has 1 aliphatic carbocycles. The molecule has 0 bridgehead atoms. The second kappa shape index (κ2) is 6.14. The largest absolute Gasteiger partial charge is 0.274 e. The van der Waals surface area contributed by atoms with Crippen molar-refractivity contribution >= 4 is 38.6 Å². The number of anilines is 1. The summed E-state index contributed by atoms with van der Waals surface area (Å²) in [4.78, 5) is 17.1. The number of nitrogens with zero attached hydrogens (tertiary/aromatic N) is 2. The van der Waals surface area contributed by atoms with E-state index in [2.05, 4.69) is 22.2 Å². The van der Waals surface area contributed by atoms with Gasteiger partial charge in [-0.1, -0.05) is 25.1 Å². The van der Waals surface area contributed by atoms with Crippen LogP contribution < -0.4 is 3.93 Å². The normalized spacial score (nSPS) is 14.0. The van der Waals surface area contributed by atoms with Gasteiger partial charge in [0.15, 0.2) is 0 Å². The van der Waals surface area contributed by atoms with Crippen LogP contribution in [0.3, 0.4) is 0 Å². The Hall–Kier alpha value is -1.42. The summed E-state index contributed by atoms with van der Waals surface area (Å²) in [5.41, 5.74) is 4.38. The Kier molecular flexibility index (Phi) is 4.24. The molecule has 1 heterocycles. The number of amides is 1. The molecular weight excluding hydrogens is 328 g/mol. The molecule has 3 nitrogen and oxygen atoms in total. The molecule has 0 spiro atoms. The molecule has 21 heavy (non-hydrogen) atoms. The standard InChI is InChI=1S/C17H19BrN2O/c1-2-7-16(21)20(18)17-12-8-3-5-10-14(12)19-15-11-6-4-9-13(15)17/h3,5,8,10H,2,4,6-7,9,11H2,1H3. The first kappa shape index (κ1) is 14.5. The van der Waals surface area contributed by atoms with E-state index >= 15 is 0 Å². The third-order valence-electron chi connectivity index (χ3n) is 4.02. The molecule has 0 radical (unpaired) electrons. The average Bonchev–Trinajstić information content (AvgIpc) is 2.52. The van der Waals surface area contributed by atoms with Crippen molar-refractivity contribution in [3.63, 3.8) is 0 Å². The molecule has 0 aliphatic heterocycles. The van der Waals surface area contributed by atoms with Crippen LogP contribution in [0.15, 0.2) is 24.3 Å². The zero-order chi connectivity index (χ0) is 14.8. The number of rotatable bonds is 3. The number of halogens is 1. The minimum Gasteiger partial charge on any atom is -0.274 e. The third-order valence-corrected chi connectivity index (χ3v) is 4.77. The lowest BCUT2D eigenvalue weighted by Crippen LogP contribution is -2.23. The molecule has 1 amide bonds. The maximum Gasteiger partial charge on any atom is 0.237 e. The topological polar surface area (TPSA) is 33.2 Å². The van der Waals surface area contributed by atoms with Gasteiger partial charge in [-0.25, -0.2) is 3.93 Å². The minimum atomic E-state index is 0.113. The van der Waals surface area contributed by atoms with Crippen molar-refractivity contribution in [3.05, 3.63) is 35.5 Å². The number of para-hydroxylation sites is 1. The Labute approximate surface area is 133 Å². The Bertz CT molecular complexity index is 684. The first-order chi connectivity index (χ1) is 10.2. The van der Waals surface area contributed by atoms with Gasteiger partial charge in [0.25, 0.3) is 0 Å². The van der Waals surface area contributed by atoms with Crippen LogP contribution in [0.4, 0.5) is 5.69 Å². The number of pyridine rings is 1. The van der Waals surface area contributed by atoms with Gasteiger partial charge < -0.3 is 0 Å². The minimum absolute atomic E-state index is 0.113. The lowest BCUT2D eigenvalue weighted by molar-refractivity contribution is -0.117. The fourth-order valence-corrected chi connectivity index (χ4v) is 3.59. The van der Waals surface area contributed by atoms with Crippen molar-refractivity contribution in [2.45, 2.75) is 45.4 Å². The van der Waals surface area contributed by atoms with Crippen molar-refractivity contribution in [1.29, 1.82) is 0 Å². The summed E-state index contributed by atoms with van der Waals surface area (Å²) in [5, 5.41) is 1.06. The summed E-state index contributed by atoms with van der Waals surface area (Å²) < 4.78 is 1.67.